The maximum Gasteiger partial charge on any atom is 0.407 e. The highest BCUT2D eigenvalue weighted by molar-refractivity contribution is 5.80. The fraction of sp³-hybridized carbons (Fsp3) is 0.444. The van der Waals surface area contributed by atoms with Gasteiger partial charge in [0.2, 0.25) is 5.91 Å². The molecular weight excluding hydrogens is 432 g/mol. The molecule has 3 rings (SSSR count). The molecule has 0 fully saturated rings. The quantitative estimate of drug-likeness (QED) is 0.398. The number of rotatable bonds is 12. The minimum Gasteiger partial charge on any atom is -0.481 e. The summed E-state index contributed by atoms with van der Waals surface area (Å²) in [6.45, 7) is 4.49. The molecule has 2 aromatic rings. The number of hydrogen-bond donors (Lipinski definition) is 3. The van der Waals surface area contributed by atoms with E-state index in [1.165, 1.54) is 11.1 Å². The van der Waals surface area contributed by atoms with Crippen molar-refractivity contribution in [3.8, 4) is 11.1 Å². The third kappa shape index (κ3) is 6.37. The van der Waals surface area contributed by atoms with Gasteiger partial charge in [-0.05, 0) is 41.5 Å². The van der Waals surface area contributed by atoms with Crippen LogP contribution < -0.4 is 10.6 Å². The molecular formula is C27H34N2O5. The lowest BCUT2D eigenvalue weighted by Crippen LogP contribution is -2.39. The second-order valence-electron chi connectivity index (χ2n) is 8.86. The van der Waals surface area contributed by atoms with E-state index in [2.05, 4.69) is 34.9 Å². The predicted octanol–water partition coefficient (Wildman–Crippen LogP) is 4.56. The molecule has 0 bridgehead atoms. The summed E-state index contributed by atoms with van der Waals surface area (Å²) in [4.78, 5) is 35.9. The Hall–Kier alpha value is -3.35. The van der Waals surface area contributed by atoms with Gasteiger partial charge in [0.25, 0.3) is 0 Å². The highest BCUT2D eigenvalue weighted by Crippen LogP contribution is 2.44. The molecule has 0 aromatic heterocycles. The fourth-order valence-electron chi connectivity index (χ4n) is 4.42. The maximum atomic E-state index is 12.5. The van der Waals surface area contributed by atoms with E-state index in [0.29, 0.717) is 25.8 Å². The average Bonchev–Trinajstić information content (AvgIpc) is 3.16. The van der Waals surface area contributed by atoms with Gasteiger partial charge in [-0.25, -0.2) is 4.79 Å². The number of alkyl carbamates (subject to hydrolysis) is 1. The van der Waals surface area contributed by atoms with Gasteiger partial charge in [0.1, 0.15) is 6.61 Å². The first-order valence-corrected chi connectivity index (χ1v) is 12.0. The lowest BCUT2D eigenvalue weighted by molar-refractivity contribution is -0.141. The molecule has 7 nitrogen and oxygen atoms in total. The summed E-state index contributed by atoms with van der Waals surface area (Å²) >= 11 is 0. The number of carbonyl (C=O) groups is 3. The molecule has 7 heteroatoms. The van der Waals surface area contributed by atoms with Crippen LogP contribution in [-0.4, -0.2) is 42.8 Å². The predicted molar refractivity (Wildman–Crippen MR) is 131 cm³/mol. The lowest BCUT2D eigenvalue weighted by Gasteiger charge is -2.18. The normalized spacial score (nSPS) is 13.9. The summed E-state index contributed by atoms with van der Waals surface area (Å²) in [6, 6.07) is 16.3. The van der Waals surface area contributed by atoms with Gasteiger partial charge in [0.15, 0.2) is 0 Å². The van der Waals surface area contributed by atoms with Gasteiger partial charge in [0.05, 0.1) is 11.8 Å². The van der Waals surface area contributed by atoms with Gasteiger partial charge in [-0.3, -0.25) is 9.59 Å². The maximum absolute atomic E-state index is 12.5. The van der Waals surface area contributed by atoms with Crippen LogP contribution in [0.2, 0.25) is 0 Å². The average molecular weight is 467 g/mol. The molecule has 1 aliphatic rings. The Bertz CT molecular complexity index is 961. The van der Waals surface area contributed by atoms with Gasteiger partial charge < -0.3 is 20.5 Å². The first kappa shape index (κ1) is 25.3. The molecule has 0 saturated heterocycles. The van der Waals surface area contributed by atoms with E-state index >= 15 is 0 Å². The second-order valence-corrected chi connectivity index (χ2v) is 8.86. The monoisotopic (exact) mass is 466 g/mol. The van der Waals surface area contributed by atoms with Crippen molar-refractivity contribution in [1.82, 2.24) is 10.6 Å². The minimum atomic E-state index is -0.831. The van der Waals surface area contributed by atoms with Crippen LogP contribution in [0.15, 0.2) is 48.5 Å². The van der Waals surface area contributed by atoms with E-state index in [1.807, 2.05) is 31.2 Å². The molecule has 34 heavy (non-hydrogen) atoms. The molecule has 2 amide bonds. The molecule has 2 atom stereocenters. The van der Waals surface area contributed by atoms with Crippen molar-refractivity contribution >= 4 is 18.0 Å². The Morgan fingerprint density at radius 2 is 1.59 bits per heavy atom. The number of carbonyl (C=O) groups excluding carboxylic acids is 2. The molecule has 2 aromatic carbocycles. The zero-order chi connectivity index (χ0) is 24.5. The van der Waals surface area contributed by atoms with Crippen molar-refractivity contribution in [3.63, 3.8) is 0 Å². The summed E-state index contributed by atoms with van der Waals surface area (Å²) in [7, 11) is 0. The van der Waals surface area contributed by atoms with Gasteiger partial charge in [-0.1, -0.05) is 68.8 Å². The van der Waals surface area contributed by atoms with Crippen molar-refractivity contribution in [2.75, 3.05) is 19.7 Å². The van der Waals surface area contributed by atoms with E-state index in [4.69, 9.17) is 9.84 Å². The topological polar surface area (TPSA) is 105 Å². The number of nitrogens with one attached hydrogen (secondary N) is 2. The van der Waals surface area contributed by atoms with Gasteiger partial charge >= 0.3 is 12.1 Å². The molecule has 182 valence electrons. The minimum absolute atomic E-state index is 0.0129. The zero-order valence-corrected chi connectivity index (χ0v) is 19.9. The van der Waals surface area contributed by atoms with Gasteiger partial charge in [0, 0.05) is 19.0 Å². The number of aliphatic carboxylic acids is 1. The summed E-state index contributed by atoms with van der Waals surface area (Å²) in [6.07, 6.45) is 2.01. The smallest absolute Gasteiger partial charge is 0.407 e. The van der Waals surface area contributed by atoms with E-state index < -0.39 is 18.0 Å². The standard InChI is InChI=1S/C27H34N2O5/c1-3-9-19(25(30)28-15-8-10-18(2)26(31)32)16-29-27(33)34-17-24-22-13-6-4-11-20(22)21-12-5-7-14-23(21)24/h4-7,11-14,18-19,24H,3,8-10,15-17H2,1-2H3,(H,28,30)(H,29,33)(H,31,32). The number of benzene rings is 2. The molecule has 0 aliphatic heterocycles. The number of carboxylic acids is 1. The van der Waals surface area contributed by atoms with Crippen molar-refractivity contribution < 1.29 is 24.2 Å². The van der Waals surface area contributed by atoms with Gasteiger partial charge in [-0.15, -0.1) is 0 Å². The molecule has 0 spiro atoms. The van der Waals surface area contributed by atoms with Gasteiger partial charge in [-0.2, -0.15) is 0 Å². The van der Waals surface area contributed by atoms with Crippen LogP contribution in [-0.2, 0) is 14.3 Å². The van der Waals surface area contributed by atoms with Crippen molar-refractivity contribution in [3.05, 3.63) is 59.7 Å². The molecule has 3 N–H and O–H groups in total. The highest BCUT2D eigenvalue weighted by atomic mass is 16.5. The summed E-state index contributed by atoms with van der Waals surface area (Å²) < 4.78 is 5.56. The van der Waals surface area contributed by atoms with Crippen LogP contribution >= 0.6 is 0 Å². The molecule has 0 heterocycles. The second kappa shape index (κ2) is 12.2. The third-order valence-electron chi connectivity index (χ3n) is 6.38. The van der Waals surface area contributed by atoms with Crippen LogP contribution in [0.4, 0.5) is 4.79 Å². The van der Waals surface area contributed by atoms with Crippen LogP contribution in [0.3, 0.4) is 0 Å². The van der Waals surface area contributed by atoms with Crippen LogP contribution in [0.1, 0.15) is 56.6 Å². The van der Waals surface area contributed by atoms with Crippen LogP contribution in [0.5, 0.6) is 0 Å². The Labute approximate surface area is 200 Å². The first-order valence-electron chi connectivity index (χ1n) is 12.0. The number of ether oxygens (including phenoxy) is 1. The van der Waals surface area contributed by atoms with Crippen molar-refractivity contribution in [1.29, 1.82) is 0 Å². The lowest BCUT2D eigenvalue weighted by atomic mass is 9.98. The molecule has 0 radical (unpaired) electrons. The summed E-state index contributed by atoms with van der Waals surface area (Å²) in [5, 5.41) is 14.5. The molecule has 1 aliphatic carbocycles. The highest BCUT2D eigenvalue weighted by Gasteiger charge is 2.29. The van der Waals surface area contributed by atoms with Crippen LogP contribution in [0, 0.1) is 11.8 Å². The first-order chi connectivity index (χ1) is 16.4. The SMILES string of the molecule is CCCC(CNC(=O)OCC1c2ccccc2-c2ccccc21)C(=O)NCCCC(C)C(=O)O. The Morgan fingerprint density at radius 1 is 0.971 bits per heavy atom. The van der Waals surface area contributed by atoms with E-state index in [-0.39, 0.29) is 30.9 Å². The Morgan fingerprint density at radius 3 is 2.18 bits per heavy atom. The van der Waals surface area contributed by atoms with Crippen molar-refractivity contribution in [2.24, 2.45) is 11.8 Å². The Balaban J connectivity index is 1.47. The molecule has 0 saturated carbocycles. The number of hydrogen-bond acceptors (Lipinski definition) is 4. The van der Waals surface area contributed by atoms with E-state index in [1.54, 1.807) is 6.92 Å². The number of amides is 2. The van der Waals surface area contributed by atoms with Crippen LogP contribution in [0.25, 0.3) is 11.1 Å². The largest absolute Gasteiger partial charge is 0.481 e. The fourth-order valence-corrected chi connectivity index (χ4v) is 4.42. The number of carboxylic acid groups (broad SMARTS) is 1. The van der Waals surface area contributed by atoms with E-state index in [0.717, 1.165) is 17.5 Å². The Kier molecular flexibility index (Phi) is 9.08. The number of fused-ring (bicyclic) bond motifs is 3. The zero-order valence-electron chi connectivity index (χ0n) is 19.9. The summed E-state index contributed by atoms with van der Waals surface area (Å²) in [5.74, 6) is -1.77. The van der Waals surface area contributed by atoms with E-state index in [9.17, 15) is 14.4 Å². The molecule has 2 unspecified atom stereocenters. The summed E-state index contributed by atoms with van der Waals surface area (Å²) in [5.41, 5.74) is 4.64. The van der Waals surface area contributed by atoms with Crippen molar-refractivity contribution in [2.45, 2.75) is 45.4 Å². The third-order valence-corrected chi connectivity index (χ3v) is 6.38.